The lowest BCUT2D eigenvalue weighted by Crippen LogP contribution is -2.54. The minimum absolute atomic E-state index is 0.00822. The molecule has 1 aliphatic rings. The van der Waals surface area contributed by atoms with Gasteiger partial charge in [-0.3, -0.25) is 19.7 Å². The van der Waals surface area contributed by atoms with Gasteiger partial charge in [0.1, 0.15) is 5.84 Å². The van der Waals surface area contributed by atoms with Gasteiger partial charge in [-0.25, -0.2) is 0 Å². The molecule has 0 bridgehead atoms. The fourth-order valence-corrected chi connectivity index (χ4v) is 4.57. The number of fused-ring (bicyclic) bond motifs is 1. The number of hydrogen-bond acceptors (Lipinski definition) is 4. The van der Waals surface area contributed by atoms with Gasteiger partial charge in [0, 0.05) is 29.9 Å². The van der Waals surface area contributed by atoms with Crippen LogP contribution in [0, 0.1) is 0 Å². The fourth-order valence-electron chi connectivity index (χ4n) is 4.57. The first kappa shape index (κ1) is 23.3. The summed E-state index contributed by atoms with van der Waals surface area (Å²) in [5, 5.41) is 5.67. The molecule has 5 rings (SSSR count). The number of amidine groups is 1. The summed E-state index contributed by atoms with van der Waals surface area (Å²) >= 11 is 0. The van der Waals surface area contributed by atoms with Gasteiger partial charge in [-0.15, -0.1) is 5.73 Å². The van der Waals surface area contributed by atoms with Gasteiger partial charge in [0.25, 0.3) is 0 Å². The summed E-state index contributed by atoms with van der Waals surface area (Å²) < 4.78 is 0. The van der Waals surface area contributed by atoms with Crippen LogP contribution in [0.5, 0.6) is 0 Å². The lowest BCUT2D eigenvalue weighted by Gasteiger charge is -2.39. The summed E-state index contributed by atoms with van der Waals surface area (Å²) in [5.74, 6) is 0.675. The highest BCUT2D eigenvalue weighted by Gasteiger charge is 2.43. The molecular formula is C31H28N4O. The fraction of sp³-hybridized carbons (Fsp3) is 0.161. The second kappa shape index (κ2) is 10.0. The van der Waals surface area contributed by atoms with Gasteiger partial charge in [0.05, 0.1) is 24.2 Å². The quantitative estimate of drug-likeness (QED) is 0.374. The lowest BCUT2D eigenvalue weighted by molar-refractivity contribution is -0.133. The molecule has 5 heteroatoms. The number of benzene rings is 3. The van der Waals surface area contributed by atoms with Crippen molar-refractivity contribution in [2.75, 3.05) is 13.1 Å². The van der Waals surface area contributed by atoms with Crippen molar-refractivity contribution in [3.63, 3.8) is 0 Å². The number of hydrogen-bond donors (Lipinski definition) is 1. The smallest absolute Gasteiger partial charge is 0.240 e. The van der Waals surface area contributed by atoms with E-state index >= 15 is 0 Å². The first-order valence-electron chi connectivity index (χ1n) is 12.0. The van der Waals surface area contributed by atoms with E-state index in [4.69, 9.17) is 4.99 Å². The van der Waals surface area contributed by atoms with Crippen LogP contribution in [-0.4, -0.2) is 34.7 Å². The van der Waals surface area contributed by atoms with Gasteiger partial charge >= 0.3 is 0 Å². The average molecular weight is 473 g/mol. The second-order valence-corrected chi connectivity index (χ2v) is 9.16. The standard InChI is InChI=1S/C31H28N4O/c1-3-28(33-19-23-14-15-24-16-17-32-20-26(24)18-23)21-35-29(25-10-6-4-7-11-25)34-22-31(2,30(35)36)27-12-8-5-9-13-27/h4-18,20,33H,1,19,21-22H2,2H3. The first-order valence-corrected chi connectivity index (χ1v) is 12.0. The highest BCUT2D eigenvalue weighted by molar-refractivity contribution is 6.12. The molecule has 36 heavy (non-hydrogen) atoms. The Balaban J connectivity index is 1.42. The number of nitrogens with one attached hydrogen (secondary N) is 1. The second-order valence-electron chi connectivity index (χ2n) is 9.16. The maximum absolute atomic E-state index is 14.1. The van der Waals surface area contributed by atoms with Crippen LogP contribution in [0.3, 0.4) is 0 Å². The molecule has 0 spiro atoms. The number of rotatable bonds is 7. The van der Waals surface area contributed by atoms with Gasteiger partial charge in [0.15, 0.2) is 0 Å². The van der Waals surface area contributed by atoms with Gasteiger partial charge in [-0.05, 0) is 35.6 Å². The molecule has 3 aromatic carbocycles. The zero-order valence-corrected chi connectivity index (χ0v) is 20.3. The highest BCUT2D eigenvalue weighted by atomic mass is 16.2. The molecule has 178 valence electrons. The lowest BCUT2D eigenvalue weighted by atomic mass is 9.79. The molecule has 1 aliphatic heterocycles. The van der Waals surface area contributed by atoms with Crippen LogP contribution in [0.2, 0.25) is 0 Å². The van der Waals surface area contributed by atoms with Crippen LogP contribution in [0.1, 0.15) is 23.6 Å². The molecule has 0 saturated carbocycles. The number of aliphatic imine (C=N–C) groups is 1. The van der Waals surface area contributed by atoms with Gasteiger partial charge in [0.2, 0.25) is 5.91 Å². The Morgan fingerprint density at radius 2 is 1.78 bits per heavy atom. The molecule has 1 amide bonds. The monoisotopic (exact) mass is 472 g/mol. The molecule has 2 heterocycles. The Bertz CT molecular complexity index is 1470. The molecule has 0 aliphatic carbocycles. The van der Waals surface area contributed by atoms with Crippen molar-refractivity contribution in [3.8, 4) is 0 Å². The van der Waals surface area contributed by atoms with Crippen molar-refractivity contribution in [3.05, 3.63) is 132 Å². The zero-order chi connectivity index (χ0) is 25.0. The molecule has 4 aromatic rings. The molecule has 0 saturated heterocycles. The van der Waals surface area contributed by atoms with E-state index in [-0.39, 0.29) is 5.91 Å². The molecule has 0 radical (unpaired) electrons. The summed E-state index contributed by atoms with van der Waals surface area (Å²) in [4.78, 5) is 25.0. The largest absolute Gasteiger partial charge is 0.377 e. The van der Waals surface area contributed by atoms with Crippen LogP contribution >= 0.6 is 0 Å². The van der Waals surface area contributed by atoms with E-state index in [2.05, 4.69) is 40.8 Å². The van der Waals surface area contributed by atoms with E-state index in [1.807, 2.05) is 79.9 Å². The van der Waals surface area contributed by atoms with Crippen molar-refractivity contribution in [1.29, 1.82) is 0 Å². The number of pyridine rings is 1. The van der Waals surface area contributed by atoms with Crippen LogP contribution in [0.4, 0.5) is 0 Å². The van der Waals surface area contributed by atoms with E-state index in [9.17, 15) is 4.79 Å². The topological polar surface area (TPSA) is 57.6 Å². The minimum Gasteiger partial charge on any atom is -0.377 e. The third kappa shape index (κ3) is 4.57. The average Bonchev–Trinajstić information content (AvgIpc) is 2.94. The Labute approximate surface area is 211 Å². The number of amides is 1. The van der Waals surface area contributed by atoms with Crippen molar-refractivity contribution in [1.82, 2.24) is 15.2 Å². The van der Waals surface area contributed by atoms with E-state index in [1.54, 1.807) is 11.1 Å². The van der Waals surface area contributed by atoms with E-state index < -0.39 is 5.41 Å². The van der Waals surface area contributed by atoms with Crippen LogP contribution < -0.4 is 5.32 Å². The first-order chi connectivity index (χ1) is 17.6. The third-order valence-corrected chi connectivity index (χ3v) is 6.70. The van der Waals surface area contributed by atoms with E-state index in [0.29, 0.717) is 25.5 Å². The zero-order valence-electron chi connectivity index (χ0n) is 20.3. The maximum atomic E-state index is 14.1. The SMILES string of the molecule is C=C=C(CN1C(=O)C(C)(c2ccccc2)CN=C1c1ccccc1)NCc1ccc2ccncc2c1. The van der Waals surface area contributed by atoms with Crippen molar-refractivity contribution in [2.45, 2.75) is 18.9 Å². The van der Waals surface area contributed by atoms with E-state index in [0.717, 1.165) is 33.2 Å². The molecule has 1 atom stereocenters. The van der Waals surface area contributed by atoms with Crippen LogP contribution in [-0.2, 0) is 16.8 Å². The predicted octanol–water partition coefficient (Wildman–Crippen LogP) is 5.24. The number of carbonyl (C=O) groups excluding carboxylic acids is 1. The molecule has 5 nitrogen and oxygen atoms in total. The summed E-state index contributed by atoms with van der Waals surface area (Å²) in [6, 6.07) is 28.0. The van der Waals surface area contributed by atoms with Crippen LogP contribution in [0.15, 0.2) is 120 Å². The molecular weight excluding hydrogens is 444 g/mol. The Morgan fingerprint density at radius 3 is 2.53 bits per heavy atom. The molecule has 1 N–H and O–H groups in total. The van der Waals surface area contributed by atoms with Gasteiger partial charge < -0.3 is 5.32 Å². The van der Waals surface area contributed by atoms with Crippen LogP contribution in [0.25, 0.3) is 10.8 Å². The molecule has 1 aromatic heterocycles. The van der Waals surface area contributed by atoms with Gasteiger partial charge in [-0.1, -0.05) is 79.4 Å². The Morgan fingerprint density at radius 1 is 1.03 bits per heavy atom. The number of carbonyl (C=O) groups is 1. The van der Waals surface area contributed by atoms with Crippen molar-refractivity contribution < 1.29 is 4.79 Å². The number of aromatic nitrogens is 1. The van der Waals surface area contributed by atoms with Crippen molar-refractivity contribution in [2.24, 2.45) is 4.99 Å². The maximum Gasteiger partial charge on any atom is 0.240 e. The Kier molecular flexibility index (Phi) is 6.48. The summed E-state index contributed by atoms with van der Waals surface area (Å²) in [6.45, 7) is 7.13. The summed E-state index contributed by atoms with van der Waals surface area (Å²) in [7, 11) is 0. The molecule has 1 unspecified atom stereocenters. The summed E-state index contributed by atoms with van der Waals surface area (Å²) in [6.07, 6.45) is 3.66. The normalized spacial score (nSPS) is 17.4. The Hall–Kier alpha value is -4.47. The summed E-state index contributed by atoms with van der Waals surface area (Å²) in [5.41, 5.74) is 5.97. The van der Waals surface area contributed by atoms with Crippen molar-refractivity contribution >= 4 is 22.5 Å². The van der Waals surface area contributed by atoms with Gasteiger partial charge in [-0.2, -0.15) is 0 Å². The number of nitrogens with zero attached hydrogens (tertiary/aromatic N) is 3. The highest BCUT2D eigenvalue weighted by Crippen LogP contribution is 2.31. The predicted molar refractivity (Wildman–Crippen MR) is 145 cm³/mol. The third-order valence-electron chi connectivity index (χ3n) is 6.70. The minimum atomic E-state index is -0.753. The molecule has 0 fully saturated rings. The van der Waals surface area contributed by atoms with E-state index in [1.165, 1.54) is 0 Å².